The molecule has 0 saturated heterocycles. The maximum Gasteiger partial charge on any atom is 0.0547 e. The normalized spacial score (nSPS) is 12.0. The fourth-order valence-corrected chi connectivity index (χ4v) is 10.2. The van der Waals surface area contributed by atoms with E-state index in [0.29, 0.717) is 0 Å². The molecule has 0 radical (unpaired) electrons. The molecule has 12 aromatic rings. The number of hydrogen-bond acceptors (Lipinski definition) is 1. The highest BCUT2D eigenvalue weighted by molar-refractivity contribution is 7.26. The molecule has 0 aliphatic carbocycles. The van der Waals surface area contributed by atoms with Gasteiger partial charge in [0.2, 0.25) is 0 Å². The van der Waals surface area contributed by atoms with E-state index in [2.05, 4.69) is 203 Å². The lowest BCUT2D eigenvalue weighted by atomic mass is 10.00. The zero-order valence-electron chi connectivity index (χ0n) is 29.8. The van der Waals surface area contributed by atoms with Gasteiger partial charge in [-0.3, -0.25) is 0 Å². The van der Waals surface area contributed by atoms with Crippen molar-refractivity contribution < 1.29 is 0 Å². The van der Waals surface area contributed by atoms with Crippen molar-refractivity contribution in [3.8, 4) is 33.6 Å². The Bertz CT molecular complexity index is 3470. The van der Waals surface area contributed by atoms with Gasteiger partial charge in [0.1, 0.15) is 0 Å². The Kier molecular flexibility index (Phi) is 6.54. The van der Waals surface area contributed by atoms with E-state index in [-0.39, 0.29) is 0 Å². The summed E-state index contributed by atoms with van der Waals surface area (Å²) in [6, 6.07) is 71.4. The van der Waals surface area contributed by atoms with E-state index in [9.17, 15) is 0 Å². The van der Waals surface area contributed by atoms with Crippen molar-refractivity contribution in [3.05, 3.63) is 194 Å². The average Bonchev–Trinajstić information content (AvgIpc) is 3.90. The van der Waals surface area contributed by atoms with Crippen LogP contribution in [0.4, 0.5) is 0 Å². The lowest BCUT2D eigenvalue weighted by molar-refractivity contribution is 1.18. The molecule has 0 aliphatic heterocycles. The summed E-state index contributed by atoms with van der Waals surface area (Å²) < 4.78 is 7.50. The van der Waals surface area contributed by atoms with Crippen molar-refractivity contribution in [1.29, 1.82) is 0 Å². The van der Waals surface area contributed by atoms with Crippen molar-refractivity contribution in [2.45, 2.75) is 0 Å². The monoisotopic (exact) mass is 716 g/mol. The van der Waals surface area contributed by atoms with Crippen LogP contribution in [0, 0.1) is 0 Å². The van der Waals surface area contributed by atoms with Crippen LogP contribution in [0.2, 0.25) is 0 Å². The topological polar surface area (TPSA) is 9.86 Å². The maximum absolute atomic E-state index is 2.42. The van der Waals surface area contributed by atoms with Crippen molar-refractivity contribution in [2.75, 3.05) is 0 Å². The number of benzene rings is 9. The Labute approximate surface area is 321 Å². The van der Waals surface area contributed by atoms with Crippen molar-refractivity contribution in [1.82, 2.24) is 9.13 Å². The molecule has 3 aromatic heterocycles. The van der Waals surface area contributed by atoms with Crippen LogP contribution >= 0.6 is 11.3 Å². The summed E-state index contributed by atoms with van der Waals surface area (Å²) in [4.78, 5) is 0. The molecule has 3 heteroatoms. The van der Waals surface area contributed by atoms with Crippen molar-refractivity contribution in [2.24, 2.45) is 0 Å². The van der Waals surface area contributed by atoms with E-state index in [1.54, 1.807) is 0 Å². The Morgan fingerprint density at radius 3 is 1.64 bits per heavy atom. The highest BCUT2D eigenvalue weighted by Crippen LogP contribution is 2.42. The van der Waals surface area contributed by atoms with Crippen molar-refractivity contribution >= 4 is 85.9 Å². The summed E-state index contributed by atoms with van der Waals surface area (Å²) in [5.41, 5.74) is 12.1. The molecule has 3 heterocycles. The Hall–Kier alpha value is -6.94. The molecule has 0 amide bonds. The van der Waals surface area contributed by atoms with Gasteiger partial charge in [-0.2, -0.15) is 0 Å². The van der Waals surface area contributed by atoms with Gasteiger partial charge in [0, 0.05) is 53.1 Å². The number of fused-ring (bicyclic) bond motifs is 10. The SMILES string of the molecule is c1ccc(-n2c3ccc(-c4ccc5c(c4)c4ccccc4n5-c4ccc(-c5cccc6c5sc5ccccc56)cc4)cc3c3cc4ccccc4cc32)cc1. The van der Waals surface area contributed by atoms with E-state index in [0.717, 1.165) is 5.69 Å². The van der Waals surface area contributed by atoms with E-state index >= 15 is 0 Å². The molecule has 55 heavy (non-hydrogen) atoms. The van der Waals surface area contributed by atoms with Crippen LogP contribution in [0.3, 0.4) is 0 Å². The summed E-state index contributed by atoms with van der Waals surface area (Å²) in [6.45, 7) is 0. The lowest BCUT2D eigenvalue weighted by Gasteiger charge is -2.11. The fraction of sp³-hybridized carbons (Fsp3) is 0. The third kappa shape index (κ3) is 4.60. The number of rotatable bonds is 4. The lowest BCUT2D eigenvalue weighted by Crippen LogP contribution is -1.94. The molecule has 0 spiro atoms. The van der Waals surface area contributed by atoms with E-state index < -0.39 is 0 Å². The molecule has 0 atom stereocenters. The standard InChI is InChI=1S/C52H32N2S/c1-2-13-38(14-3-1)54-49-28-24-37(31-45(49)46-29-34-11-4-5-12-35(34)32-50(46)54)36-23-27-48-44(30-36)41-15-6-8-19-47(41)53(48)39-25-21-33(22-26-39)40-17-10-18-43-42-16-7-9-20-51(42)55-52(40)43/h1-32H. The minimum Gasteiger partial charge on any atom is -0.309 e. The molecule has 0 N–H and O–H groups in total. The van der Waals surface area contributed by atoms with Gasteiger partial charge in [-0.05, 0) is 106 Å². The van der Waals surface area contributed by atoms with Gasteiger partial charge in [-0.1, -0.05) is 121 Å². The molecular formula is C52H32N2S. The molecule has 0 fully saturated rings. The van der Waals surface area contributed by atoms with Gasteiger partial charge in [-0.15, -0.1) is 11.3 Å². The molecule has 0 aliphatic rings. The highest BCUT2D eigenvalue weighted by Gasteiger charge is 2.17. The van der Waals surface area contributed by atoms with Gasteiger partial charge in [0.25, 0.3) is 0 Å². The van der Waals surface area contributed by atoms with E-state index in [4.69, 9.17) is 0 Å². The van der Waals surface area contributed by atoms with Crippen LogP contribution in [0.25, 0.3) is 108 Å². The van der Waals surface area contributed by atoms with Crippen LogP contribution < -0.4 is 0 Å². The predicted molar refractivity (Wildman–Crippen MR) is 236 cm³/mol. The number of thiophene rings is 1. The Balaban J connectivity index is 0.997. The second-order valence-electron chi connectivity index (χ2n) is 14.5. The molecule has 256 valence electrons. The van der Waals surface area contributed by atoms with Gasteiger partial charge in [0.05, 0.1) is 22.1 Å². The van der Waals surface area contributed by atoms with Gasteiger partial charge in [0.15, 0.2) is 0 Å². The summed E-state index contributed by atoms with van der Waals surface area (Å²) >= 11 is 1.88. The zero-order valence-corrected chi connectivity index (χ0v) is 30.6. The third-order valence-electron chi connectivity index (χ3n) is 11.5. The first-order valence-electron chi connectivity index (χ1n) is 18.8. The zero-order chi connectivity index (χ0) is 36.0. The molecule has 12 rings (SSSR count). The fourth-order valence-electron chi connectivity index (χ4n) is 8.94. The minimum absolute atomic E-state index is 1.16. The highest BCUT2D eigenvalue weighted by atomic mass is 32.1. The number of hydrogen-bond donors (Lipinski definition) is 0. The first kappa shape index (κ1) is 30.5. The molecule has 2 nitrogen and oxygen atoms in total. The molecule has 0 bridgehead atoms. The van der Waals surface area contributed by atoms with Gasteiger partial charge in [-0.25, -0.2) is 0 Å². The summed E-state index contributed by atoms with van der Waals surface area (Å²) in [6.07, 6.45) is 0. The van der Waals surface area contributed by atoms with Crippen LogP contribution in [0.15, 0.2) is 194 Å². The smallest absolute Gasteiger partial charge is 0.0547 e. The number of nitrogens with zero attached hydrogens (tertiary/aromatic N) is 2. The number of para-hydroxylation sites is 2. The Morgan fingerprint density at radius 1 is 0.309 bits per heavy atom. The van der Waals surface area contributed by atoms with Gasteiger partial charge >= 0.3 is 0 Å². The molecular weight excluding hydrogens is 685 g/mol. The maximum atomic E-state index is 2.42. The summed E-state index contributed by atoms with van der Waals surface area (Å²) in [5.74, 6) is 0. The second-order valence-corrected chi connectivity index (χ2v) is 15.6. The summed E-state index contributed by atoms with van der Waals surface area (Å²) in [5, 5.41) is 10.2. The first-order valence-corrected chi connectivity index (χ1v) is 19.7. The molecule has 0 unspecified atom stereocenters. The van der Waals surface area contributed by atoms with Crippen LogP contribution in [0.1, 0.15) is 0 Å². The first-order chi connectivity index (χ1) is 27.3. The van der Waals surface area contributed by atoms with E-state index in [1.807, 2.05) is 11.3 Å². The summed E-state index contributed by atoms with van der Waals surface area (Å²) in [7, 11) is 0. The molecule has 0 saturated carbocycles. The van der Waals surface area contributed by atoms with Crippen LogP contribution in [0.5, 0.6) is 0 Å². The third-order valence-corrected chi connectivity index (χ3v) is 12.7. The minimum atomic E-state index is 1.16. The average molecular weight is 717 g/mol. The van der Waals surface area contributed by atoms with Crippen LogP contribution in [-0.4, -0.2) is 9.13 Å². The second kappa shape index (κ2) is 11.8. The van der Waals surface area contributed by atoms with Gasteiger partial charge < -0.3 is 9.13 Å². The quantitative estimate of drug-likeness (QED) is 0.172. The van der Waals surface area contributed by atoms with E-state index in [1.165, 1.54) is 102 Å². The number of aromatic nitrogens is 2. The van der Waals surface area contributed by atoms with Crippen LogP contribution in [-0.2, 0) is 0 Å². The molecule has 9 aromatic carbocycles. The largest absolute Gasteiger partial charge is 0.309 e. The predicted octanol–water partition coefficient (Wildman–Crippen LogP) is 14.7. The Morgan fingerprint density at radius 2 is 0.855 bits per heavy atom. The van der Waals surface area contributed by atoms with Crippen molar-refractivity contribution in [3.63, 3.8) is 0 Å².